The molecule has 7 heteroatoms. The quantitative estimate of drug-likeness (QED) is 0.448. The molecule has 1 heterocycles. The second kappa shape index (κ2) is 9.13. The van der Waals surface area contributed by atoms with E-state index in [0.29, 0.717) is 23.1 Å². The Kier molecular flexibility index (Phi) is 6.14. The van der Waals surface area contributed by atoms with Crippen molar-refractivity contribution < 1.29 is 9.53 Å². The van der Waals surface area contributed by atoms with Crippen LogP contribution in [-0.2, 0) is 12.8 Å². The van der Waals surface area contributed by atoms with Crippen LogP contribution in [0.4, 0.5) is 0 Å². The lowest BCUT2D eigenvalue weighted by molar-refractivity contribution is 0.0949. The third kappa shape index (κ3) is 4.24. The fourth-order valence-corrected chi connectivity index (χ4v) is 3.79. The summed E-state index contributed by atoms with van der Waals surface area (Å²) in [5, 5.41) is 9.17. The van der Waals surface area contributed by atoms with Crippen molar-refractivity contribution in [2.75, 3.05) is 6.61 Å². The molecule has 154 valence electrons. The van der Waals surface area contributed by atoms with Gasteiger partial charge in [-0.15, -0.1) is 0 Å². The summed E-state index contributed by atoms with van der Waals surface area (Å²) in [6.07, 6.45) is 5.26. The van der Waals surface area contributed by atoms with E-state index in [1.807, 2.05) is 48.0 Å². The first kappa shape index (κ1) is 20.2. The number of hydrazone groups is 1. The molecule has 30 heavy (non-hydrogen) atoms. The number of halogens is 1. The number of benzene rings is 2. The normalized spacial score (nSPS) is 12.9. The van der Waals surface area contributed by atoms with E-state index in [0.717, 1.165) is 48.2 Å². The smallest absolute Gasteiger partial charge is 0.292 e. The molecule has 1 aliphatic carbocycles. The maximum absolute atomic E-state index is 12.7. The molecule has 0 unspecified atom stereocenters. The minimum absolute atomic E-state index is 0.312. The van der Waals surface area contributed by atoms with Gasteiger partial charge in [0, 0.05) is 11.3 Å². The van der Waals surface area contributed by atoms with Crippen molar-refractivity contribution >= 4 is 23.7 Å². The summed E-state index contributed by atoms with van der Waals surface area (Å²) in [5.41, 5.74) is 6.86. The lowest BCUT2D eigenvalue weighted by Gasteiger charge is -2.06. The Morgan fingerprint density at radius 3 is 2.87 bits per heavy atom. The number of rotatable bonds is 7. The number of hydrogen-bond acceptors (Lipinski definition) is 4. The molecule has 0 radical (unpaired) electrons. The van der Waals surface area contributed by atoms with E-state index in [2.05, 4.69) is 15.6 Å². The van der Waals surface area contributed by atoms with Crippen LogP contribution in [0.15, 0.2) is 53.6 Å². The number of aromatic nitrogens is 2. The number of fused-ring (bicyclic) bond motifs is 1. The molecule has 0 atom stereocenters. The average molecular weight is 423 g/mol. The molecular weight excluding hydrogens is 400 g/mol. The first-order chi connectivity index (χ1) is 14.7. The maximum Gasteiger partial charge on any atom is 0.292 e. The molecule has 0 bridgehead atoms. The van der Waals surface area contributed by atoms with Gasteiger partial charge >= 0.3 is 0 Å². The monoisotopic (exact) mass is 422 g/mol. The van der Waals surface area contributed by atoms with Gasteiger partial charge < -0.3 is 4.74 Å². The molecule has 6 nitrogen and oxygen atoms in total. The molecule has 1 amide bonds. The van der Waals surface area contributed by atoms with Crippen LogP contribution in [0.5, 0.6) is 5.75 Å². The first-order valence-corrected chi connectivity index (χ1v) is 10.5. The third-order valence-electron chi connectivity index (χ3n) is 4.94. The van der Waals surface area contributed by atoms with Crippen molar-refractivity contribution in [2.45, 2.75) is 32.6 Å². The van der Waals surface area contributed by atoms with Crippen molar-refractivity contribution in [2.24, 2.45) is 5.10 Å². The highest BCUT2D eigenvalue weighted by Crippen LogP contribution is 2.28. The molecule has 0 aliphatic heterocycles. The average Bonchev–Trinajstić information content (AvgIpc) is 3.36. The summed E-state index contributed by atoms with van der Waals surface area (Å²) >= 11 is 6.24. The Labute approximate surface area is 180 Å². The number of carbonyl (C=O) groups is 1. The van der Waals surface area contributed by atoms with E-state index in [1.165, 1.54) is 0 Å². The SMILES string of the molecule is CCCOc1ccc(/C=N/NC(=O)c2nn(-c3ccccc3)c3c2CCC3)cc1Cl. The van der Waals surface area contributed by atoms with Crippen LogP contribution in [0.2, 0.25) is 5.02 Å². The van der Waals surface area contributed by atoms with Gasteiger partial charge in [0.1, 0.15) is 5.75 Å². The van der Waals surface area contributed by atoms with Gasteiger partial charge in [-0.1, -0.05) is 36.7 Å². The minimum atomic E-state index is -0.312. The standard InChI is InChI=1S/C23H23ClN4O2/c1-2-13-30-21-12-11-16(14-19(21)24)15-25-26-23(29)22-18-9-6-10-20(18)28(27-22)17-7-4-3-5-8-17/h3-5,7-8,11-12,14-15H,2,6,9-10,13H2,1H3,(H,26,29)/b25-15+. The molecule has 0 spiro atoms. The van der Waals surface area contributed by atoms with Crippen LogP contribution in [-0.4, -0.2) is 28.5 Å². The van der Waals surface area contributed by atoms with E-state index < -0.39 is 0 Å². The number of nitrogens with one attached hydrogen (secondary N) is 1. The molecule has 1 N–H and O–H groups in total. The lowest BCUT2D eigenvalue weighted by atomic mass is 10.2. The summed E-state index contributed by atoms with van der Waals surface area (Å²) in [5.74, 6) is 0.329. The molecule has 0 saturated heterocycles. The zero-order valence-electron chi connectivity index (χ0n) is 16.8. The highest BCUT2D eigenvalue weighted by atomic mass is 35.5. The molecule has 0 saturated carbocycles. The summed E-state index contributed by atoms with van der Waals surface area (Å²) in [6.45, 7) is 2.65. The number of ether oxygens (including phenoxy) is 1. The van der Waals surface area contributed by atoms with Crippen molar-refractivity contribution in [1.82, 2.24) is 15.2 Å². The maximum atomic E-state index is 12.7. The van der Waals surface area contributed by atoms with Gasteiger partial charge in [-0.05, 0) is 61.6 Å². The van der Waals surface area contributed by atoms with E-state index in [9.17, 15) is 4.79 Å². The van der Waals surface area contributed by atoms with Gasteiger partial charge in [-0.3, -0.25) is 4.79 Å². The number of amides is 1. The molecule has 1 aliphatic rings. The predicted octanol–water partition coefficient (Wildman–Crippen LogP) is 4.57. The largest absolute Gasteiger partial charge is 0.492 e. The van der Waals surface area contributed by atoms with Crippen LogP contribution < -0.4 is 10.2 Å². The van der Waals surface area contributed by atoms with E-state index >= 15 is 0 Å². The lowest BCUT2D eigenvalue weighted by Crippen LogP contribution is -2.20. The summed E-state index contributed by atoms with van der Waals surface area (Å²) in [7, 11) is 0. The van der Waals surface area contributed by atoms with Crippen molar-refractivity contribution in [3.05, 3.63) is 76.1 Å². The Hall–Kier alpha value is -3.12. The summed E-state index contributed by atoms with van der Waals surface area (Å²) in [6, 6.07) is 15.3. The summed E-state index contributed by atoms with van der Waals surface area (Å²) < 4.78 is 7.44. The van der Waals surface area contributed by atoms with E-state index in [4.69, 9.17) is 16.3 Å². The van der Waals surface area contributed by atoms with Gasteiger partial charge in [-0.25, -0.2) is 10.1 Å². The zero-order chi connectivity index (χ0) is 20.9. The van der Waals surface area contributed by atoms with Crippen LogP contribution in [0.1, 0.15) is 47.1 Å². The number of nitrogens with zero attached hydrogens (tertiary/aromatic N) is 3. The molecule has 1 aromatic heterocycles. The fraction of sp³-hybridized carbons (Fsp3) is 0.261. The van der Waals surface area contributed by atoms with Gasteiger partial charge in [0.15, 0.2) is 5.69 Å². The van der Waals surface area contributed by atoms with Crippen LogP contribution in [0.3, 0.4) is 0 Å². The first-order valence-electron chi connectivity index (χ1n) is 10.1. The highest BCUT2D eigenvalue weighted by molar-refractivity contribution is 6.32. The fourth-order valence-electron chi connectivity index (χ4n) is 3.55. The van der Waals surface area contributed by atoms with Crippen LogP contribution >= 0.6 is 11.6 Å². The van der Waals surface area contributed by atoms with Crippen molar-refractivity contribution in [1.29, 1.82) is 0 Å². The Bertz CT molecular complexity index is 1080. The topological polar surface area (TPSA) is 68.5 Å². The van der Waals surface area contributed by atoms with Gasteiger partial charge in [0.2, 0.25) is 0 Å². The Balaban J connectivity index is 1.48. The third-order valence-corrected chi connectivity index (χ3v) is 5.24. The van der Waals surface area contributed by atoms with Crippen LogP contribution in [0.25, 0.3) is 5.69 Å². The number of hydrogen-bond donors (Lipinski definition) is 1. The molecule has 2 aromatic carbocycles. The van der Waals surface area contributed by atoms with E-state index in [-0.39, 0.29) is 5.91 Å². The van der Waals surface area contributed by atoms with Gasteiger partial charge in [-0.2, -0.15) is 10.2 Å². The Morgan fingerprint density at radius 1 is 1.27 bits per heavy atom. The molecular formula is C23H23ClN4O2. The Morgan fingerprint density at radius 2 is 2.10 bits per heavy atom. The van der Waals surface area contributed by atoms with E-state index in [1.54, 1.807) is 18.3 Å². The number of para-hydroxylation sites is 1. The predicted molar refractivity (Wildman–Crippen MR) is 118 cm³/mol. The van der Waals surface area contributed by atoms with Crippen molar-refractivity contribution in [3.8, 4) is 11.4 Å². The number of carbonyl (C=O) groups excluding carboxylic acids is 1. The van der Waals surface area contributed by atoms with Gasteiger partial charge in [0.25, 0.3) is 5.91 Å². The summed E-state index contributed by atoms with van der Waals surface area (Å²) in [4.78, 5) is 12.7. The second-order valence-corrected chi connectivity index (χ2v) is 7.52. The van der Waals surface area contributed by atoms with Gasteiger partial charge in [0.05, 0.1) is 23.5 Å². The van der Waals surface area contributed by atoms with Crippen LogP contribution in [0, 0.1) is 0 Å². The van der Waals surface area contributed by atoms with Crippen molar-refractivity contribution in [3.63, 3.8) is 0 Å². The zero-order valence-corrected chi connectivity index (χ0v) is 17.5. The molecule has 4 rings (SSSR count). The molecule has 0 fully saturated rings. The highest BCUT2D eigenvalue weighted by Gasteiger charge is 2.26. The molecule has 3 aromatic rings. The minimum Gasteiger partial charge on any atom is -0.492 e. The second-order valence-electron chi connectivity index (χ2n) is 7.11.